The van der Waals surface area contributed by atoms with Crippen molar-refractivity contribution in [3.05, 3.63) is 41.5 Å². The highest BCUT2D eigenvalue weighted by Crippen LogP contribution is 2.34. The molecule has 0 unspecified atom stereocenters. The molecule has 138 valence electrons. The molecule has 2 aromatic heterocycles. The molecule has 27 heavy (non-hydrogen) atoms. The van der Waals surface area contributed by atoms with Gasteiger partial charge in [-0.25, -0.2) is 9.97 Å². The van der Waals surface area contributed by atoms with Crippen LogP contribution in [-0.2, 0) is 6.42 Å². The number of nitrogens with two attached hydrogens (primary N) is 2. The minimum Gasteiger partial charge on any atom is -0.369 e. The lowest BCUT2D eigenvalue weighted by Crippen LogP contribution is -2.12. The number of nitrogen functional groups attached to an aromatic ring is 1. The lowest BCUT2D eigenvalue weighted by atomic mass is 9.99. The number of nitrogens with zero attached hydrogens (tertiary/aromatic N) is 2. The minimum absolute atomic E-state index is 0.369. The molecule has 0 atom stereocenters. The van der Waals surface area contributed by atoms with E-state index in [4.69, 9.17) is 16.5 Å². The summed E-state index contributed by atoms with van der Waals surface area (Å²) >= 11 is 1.52. The Morgan fingerprint density at radius 3 is 2.78 bits per heavy atom. The van der Waals surface area contributed by atoms with Crippen molar-refractivity contribution in [1.29, 1.82) is 0 Å². The number of nitrogens with one attached hydrogen (secondary N) is 2. The molecule has 2 heterocycles. The first-order valence-corrected chi connectivity index (χ1v) is 9.47. The van der Waals surface area contributed by atoms with Gasteiger partial charge < -0.3 is 21.8 Å². The zero-order valence-corrected chi connectivity index (χ0v) is 15.9. The van der Waals surface area contributed by atoms with E-state index in [0.717, 1.165) is 44.1 Å². The second-order valence-electron chi connectivity index (χ2n) is 6.91. The number of benzene rings is 2. The van der Waals surface area contributed by atoms with E-state index >= 15 is 0 Å². The number of amides is 1. The molecule has 8 heteroatoms. The van der Waals surface area contributed by atoms with Crippen molar-refractivity contribution in [2.75, 3.05) is 11.1 Å². The SMILES string of the molecule is CC(C)Cc1ccc(C(N)=O)cc1Nc1nc2c(ccc3[nH]c(N)nc32)s1. The minimum atomic E-state index is -0.452. The Labute approximate surface area is 159 Å². The fraction of sp³-hybridized carbons (Fsp3) is 0.211. The van der Waals surface area contributed by atoms with E-state index in [9.17, 15) is 4.79 Å². The quantitative estimate of drug-likeness (QED) is 0.419. The van der Waals surface area contributed by atoms with Crippen LogP contribution in [0.25, 0.3) is 21.3 Å². The highest BCUT2D eigenvalue weighted by atomic mass is 32.1. The lowest BCUT2D eigenvalue weighted by Gasteiger charge is -2.13. The van der Waals surface area contributed by atoms with Crippen LogP contribution < -0.4 is 16.8 Å². The highest BCUT2D eigenvalue weighted by Gasteiger charge is 2.14. The predicted molar refractivity (Wildman–Crippen MR) is 110 cm³/mol. The van der Waals surface area contributed by atoms with Crippen LogP contribution >= 0.6 is 11.3 Å². The van der Waals surface area contributed by atoms with Gasteiger partial charge in [-0.3, -0.25) is 4.79 Å². The van der Waals surface area contributed by atoms with Gasteiger partial charge in [-0.15, -0.1) is 0 Å². The van der Waals surface area contributed by atoms with Gasteiger partial charge in [0.2, 0.25) is 5.91 Å². The number of aromatic amines is 1. The number of imidazole rings is 1. The summed E-state index contributed by atoms with van der Waals surface area (Å²) in [6.45, 7) is 4.31. The molecule has 6 N–H and O–H groups in total. The van der Waals surface area contributed by atoms with Crippen LogP contribution in [0.5, 0.6) is 0 Å². The van der Waals surface area contributed by atoms with E-state index in [-0.39, 0.29) is 0 Å². The summed E-state index contributed by atoms with van der Waals surface area (Å²) in [6, 6.07) is 9.43. The third kappa shape index (κ3) is 3.31. The summed E-state index contributed by atoms with van der Waals surface area (Å²) < 4.78 is 1.01. The Bertz CT molecular complexity index is 1160. The van der Waals surface area contributed by atoms with E-state index in [1.54, 1.807) is 12.1 Å². The van der Waals surface area contributed by atoms with Crippen LogP contribution in [-0.4, -0.2) is 20.9 Å². The van der Waals surface area contributed by atoms with Gasteiger partial charge in [-0.1, -0.05) is 31.3 Å². The van der Waals surface area contributed by atoms with Crippen molar-refractivity contribution in [1.82, 2.24) is 15.0 Å². The molecule has 0 aliphatic carbocycles. The topological polar surface area (TPSA) is 123 Å². The van der Waals surface area contributed by atoms with Crippen molar-refractivity contribution >= 4 is 55.3 Å². The number of carbonyl (C=O) groups is 1. The van der Waals surface area contributed by atoms with E-state index in [1.165, 1.54) is 11.3 Å². The Hall–Kier alpha value is -3.13. The van der Waals surface area contributed by atoms with Gasteiger partial charge in [0.15, 0.2) is 11.1 Å². The number of carbonyl (C=O) groups excluding carboxylic acids is 1. The predicted octanol–water partition coefficient (Wildman–Crippen LogP) is 3.80. The maximum atomic E-state index is 11.6. The molecule has 0 bridgehead atoms. The molecule has 0 saturated carbocycles. The Morgan fingerprint density at radius 2 is 2.04 bits per heavy atom. The number of aromatic nitrogens is 3. The standard InChI is InChI=1S/C19H20N6OS/c1-9(2)7-10-3-4-11(17(20)26)8-13(10)23-19-25-16-14(27-19)6-5-12-15(16)24-18(21)22-12/h3-6,8-9H,7H2,1-2H3,(H2,20,26)(H,23,25)(H3,21,22,24). The lowest BCUT2D eigenvalue weighted by molar-refractivity contribution is 0.100. The summed E-state index contributed by atoms with van der Waals surface area (Å²) in [6.07, 6.45) is 0.881. The largest absolute Gasteiger partial charge is 0.369 e. The summed E-state index contributed by atoms with van der Waals surface area (Å²) in [5.74, 6) is 0.396. The number of hydrogen-bond acceptors (Lipinski definition) is 6. The number of H-pyrrole nitrogens is 1. The van der Waals surface area contributed by atoms with E-state index in [1.807, 2.05) is 18.2 Å². The van der Waals surface area contributed by atoms with Gasteiger partial charge in [0.1, 0.15) is 11.0 Å². The molecule has 7 nitrogen and oxygen atoms in total. The molecule has 0 aliphatic heterocycles. The number of primary amides is 1. The van der Waals surface area contributed by atoms with Gasteiger partial charge in [0, 0.05) is 11.3 Å². The second-order valence-corrected chi connectivity index (χ2v) is 7.94. The summed E-state index contributed by atoms with van der Waals surface area (Å²) in [5, 5.41) is 4.09. The molecule has 0 saturated heterocycles. The molecule has 2 aromatic carbocycles. The van der Waals surface area contributed by atoms with Crippen LogP contribution in [0.15, 0.2) is 30.3 Å². The molecular formula is C19H20N6OS. The Morgan fingerprint density at radius 1 is 1.22 bits per heavy atom. The van der Waals surface area contributed by atoms with E-state index in [2.05, 4.69) is 29.1 Å². The van der Waals surface area contributed by atoms with Crippen LogP contribution in [0.2, 0.25) is 0 Å². The smallest absolute Gasteiger partial charge is 0.248 e. The Balaban J connectivity index is 1.77. The molecule has 0 radical (unpaired) electrons. The first kappa shape index (κ1) is 17.3. The average molecular weight is 380 g/mol. The molecular weight excluding hydrogens is 360 g/mol. The van der Waals surface area contributed by atoms with Crippen molar-refractivity contribution in [3.8, 4) is 0 Å². The first-order chi connectivity index (χ1) is 12.9. The average Bonchev–Trinajstić information content (AvgIpc) is 3.17. The van der Waals surface area contributed by atoms with Gasteiger partial charge in [-0.2, -0.15) is 0 Å². The van der Waals surface area contributed by atoms with Gasteiger partial charge in [-0.05, 0) is 42.2 Å². The highest BCUT2D eigenvalue weighted by molar-refractivity contribution is 7.22. The molecule has 0 spiro atoms. The van der Waals surface area contributed by atoms with Crippen LogP contribution in [0, 0.1) is 5.92 Å². The molecule has 0 aliphatic rings. The van der Waals surface area contributed by atoms with Crippen molar-refractivity contribution in [2.45, 2.75) is 20.3 Å². The summed E-state index contributed by atoms with van der Waals surface area (Å²) in [4.78, 5) is 23.6. The van der Waals surface area contributed by atoms with E-state index < -0.39 is 5.91 Å². The van der Waals surface area contributed by atoms with Crippen molar-refractivity contribution in [2.24, 2.45) is 11.7 Å². The molecule has 0 fully saturated rings. The van der Waals surface area contributed by atoms with Crippen molar-refractivity contribution < 1.29 is 4.79 Å². The normalized spacial score (nSPS) is 11.5. The van der Waals surface area contributed by atoms with Crippen LogP contribution in [0.1, 0.15) is 29.8 Å². The van der Waals surface area contributed by atoms with E-state index in [0.29, 0.717) is 17.4 Å². The number of anilines is 3. The van der Waals surface area contributed by atoms with Gasteiger partial charge >= 0.3 is 0 Å². The number of fused-ring (bicyclic) bond motifs is 3. The second kappa shape index (κ2) is 6.55. The maximum absolute atomic E-state index is 11.6. The number of thiazole rings is 1. The fourth-order valence-corrected chi connectivity index (χ4v) is 3.99. The van der Waals surface area contributed by atoms with Gasteiger partial charge in [0.25, 0.3) is 0 Å². The summed E-state index contributed by atoms with van der Waals surface area (Å²) in [7, 11) is 0. The fourth-order valence-electron chi connectivity index (χ4n) is 3.11. The third-order valence-corrected chi connectivity index (χ3v) is 5.23. The molecule has 1 amide bonds. The summed E-state index contributed by atoms with van der Waals surface area (Å²) in [5.41, 5.74) is 16.1. The molecule has 4 aromatic rings. The first-order valence-electron chi connectivity index (χ1n) is 8.65. The molecule has 4 rings (SSSR count). The van der Waals surface area contributed by atoms with Gasteiger partial charge in [0.05, 0.1) is 10.2 Å². The van der Waals surface area contributed by atoms with Crippen LogP contribution in [0.3, 0.4) is 0 Å². The number of hydrogen-bond donors (Lipinski definition) is 4. The maximum Gasteiger partial charge on any atom is 0.248 e. The van der Waals surface area contributed by atoms with Crippen molar-refractivity contribution in [3.63, 3.8) is 0 Å². The van der Waals surface area contributed by atoms with Crippen LogP contribution in [0.4, 0.5) is 16.8 Å². The Kier molecular flexibility index (Phi) is 4.19. The number of rotatable bonds is 5. The third-order valence-electron chi connectivity index (χ3n) is 4.29. The zero-order valence-electron chi connectivity index (χ0n) is 15.0. The zero-order chi connectivity index (χ0) is 19.1. The monoisotopic (exact) mass is 380 g/mol.